The number of aromatic amines is 1. The number of aromatic hydroxyl groups is 1. The van der Waals surface area contributed by atoms with Gasteiger partial charge in [0.2, 0.25) is 5.91 Å². The average molecular weight is 313 g/mol. The number of aryl methyl sites for hydroxylation is 1. The van der Waals surface area contributed by atoms with E-state index in [1.165, 1.54) is 5.56 Å². The molecule has 0 spiro atoms. The molecule has 1 aromatic carbocycles. The van der Waals surface area contributed by atoms with Crippen LogP contribution in [0.15, 0.2) is 36.7 Å². The fraction of sp³-hybridized carbons (Fsp3) is 0.444. The van der Waals surface area contributed by atoms with Crippen LogP contribution in [0, 0.1) is 5.92 Å². The molecule has 1 fully saturated rings. The molecule has 3 rings (SSSR count). The molecule has 1 aliphatic heterocycles. The molecule has 2 N–H and O–H groups in total. The van der Waals surface area contributed by atoms with Crippen molar-refractivity contribution in [2.24, 2.45) is 5.92 Å². The Morgan fingerprint density at radius 3 is 2.87 bits per heavy atom. The number of carbonyl (C=O) groups excluding carboxylic acids is 1. The molecule has 5 nitrogen and oxygen atoms in total. The van der Waals surface area contributed by atoms with Crippen molar-refractivity contribution in [3.8, 4) is 5.75 Å². The topological polar surface area (TPSA) is 69.2 Å². The minimum Gasteiger partial charge on any atom is -0.508 e. The van der Waals surface area contributed by atoms with E-state index in [2.05, 4.69) is 10.2 Å². The van der Waals surface area contributed by atoms with Gasteiger partial charge in [0.05, 0.1) is 6.20 Å². The first kappa shape index (κ1) is 15.6. The Labute approximate surface area is 136 Å². The highest BCUT2D eigenvalue weighted by molar-refractivity contribution is 5.76. The van der Waals surface area contributed by atoms with Crippen LogP contribution in [-0.4, -0.2) is 39.2 Å². The van der Waals surface area contributed by atoms with Gasteiger partial charge in [0.15, 0.2) is 0 Å². The van der Waals surface area contributed by atoms with E-state index in [0.29, 0.717) is 18.1 Å². The molecule has 23 heavy (non-hydrogen) atoms. The van der Waals surface area contributed by atoms with E-state index in [9.17, 15) is 9.90 Å². The van der Waals surface area contributed by atoms with Crippen molar-refractivity contribution in [2.75, 3.05) is 13.1 Å². The molecule has 0 saturated carbocycles. The van der Waals surface area contributed by atoms with Crippen LogP contribution in [-0.2, 0) is 17.6 Å². The van der Waals surface area contributed by atoms with Gasteiger partial charge in [-0.1, -0.05) is 12.1 Å². The summed E-state index contributed by atoms with van der Waals surface area (Å²) in [5.74, 6) is 1.09. The zero-order chi connectivity index (χ0) is 16.1. The predicted molar refractivity (Wildman–Crippen MR) is 88.0 cm³/mol. The molecule has 1 saturated heterocycles. The third-order valence-electron chi connectivity index (χ3n) is 4.51. The second kappa shape index (κ2) is 7.31. The van der Waals surface area contributed by atoms with Crippen LogP contribution < -0.4 is 0 Å². The Morgan fingerprint density at radius 2 is 2.13 bits per heavy atom. The van der Waals surface area contributed by atoms with Crippen LogP contribution in [0.5, 0.6) is 5.75 Å². The van der Waals surface area contributed by atoms with E-state index in [0.717, 1.165) is 44.3 Å². The summed E-state index contributed by atoms with van der Waals surface area (Å²) in [5, 5.41) is 16.0. The van der Waals surface area contributed by atoms with Gasteiger partial charge in [0, 0.05) is 25.7 Å². The maximum atomic E-state index is 12.3. The van der Waals surface area contributed by atoms with E-state index in [1.54, 1.807) is 12.1 Å². The fourth-order valence-corrected chi connectivity index (χ4v) is 3.21. The van der Waals surface area contributed by atoms with Crippen molar-refractivity contribution in [1.82, 2.24) is 15.1 Å². The summed E-state index contributed by atoms with van der Waals surface area (Å²) in [6.45, 7) is 1.72. The molecule has 1 amide bonds. The standard InChI is InChI=1S/C18H23N3O2/c22-17-6-4-14(5-7-17)10-15-8-9-21(13-15)18(23)3-1-2-16-11-19-20-12-16/h4-7,11-12,15,22H,1-3,8-10,13H2,(H,19,20). The monoisotopic (exact) mass is 313 g/mol. The number of carbonyl (C=O) groups is 1. The Morgan fingerprint density at radius 1 is 1.30 bits per heavy atom. The van der Waals surface area contributed by atoms with Crippen LogP contribution in [0.25, 0.3) is 0 Å². The number of hydrogen-bond acceptors (Lipinski definition) is 3. The Bertz CT molecular complexity index is 622. The summed E-state index contributed by atoms with van der Waals surface area (Å²) in [4.78, 5) is 14.3. The fourth-order valence-electron chi connectivity index (χ4n) is 3.21. The first-order valence-corrected chi connectivity index (χ1v) is 8.24. The van der Waals surface area contributed by atoms with Crippen LogP contribution in [0.2, 0.25) is 0 Å². The van der Waals surface area contributed by atoms with Gasteiger partial charge in [-0.15, -0.1) is 0 Å². The van der Waals surface area contributed by atoms with Crippen molar-refractivity contribution in [2.45, 2.75) is 32.1 Å². The highest BCUT2D eigenvalue weighted by atomic mass is 16.3. The number of rotatable bonds is 6. The molecule has 0 aliphatic carbocycles. The molecular formula is C18H23N3O2. The molecule has 0 radical (unpaired) electrons. The van der Waals surface area contributed by atoms with Crippen molar-refractivity contribution < 1.29 is 9.90 Å². The summed E-state index contributed by atoms with van der Waals surface area (Å²) in [5.41, 5.74) is 2.38. The lowest BCUT2D eigenvalue weighted by Gasteiger charge is -2.16. The number of nitrogens with zero attached hydrogens (tertiary/aromatic N) is 2. The minimum atomic E-state index is 0.265. The summed E-state index contributed by atoms with van der Waals surface area (Å²) in [6.07, 6.45) is 8.11. The molecule has 2 heterocycles. The van der Waals surface area contributed by atoms with Gasteiger partial charge in [0.1, 0.15) is 5.75 Å². The van der Waals surface area contributed by atoms with E-state index in [4.69, 9.17) is 0 Å². The van der Waals surface area contributed by atoms with Gasteiger partial charge in [-0.05, 0) is 54.9 Å². The Balaban J connectivity index is 1.41. The molecule has 1 atom stereocenters. The minimum absolute atomic E-state index is 0.265. The molecule has 1 aliphatic rings. The zero-order valence-corrected chi connectivity index (χ0v) is 13.2. The van der Waals surface area contributed by atoms with Crippen molar-refractivity contribution in [3.63, 3.8) is 0 Å². The first-order valence-electron chi connectivity index (χ1n) is 8.24. The normalized spacial score (nSPS) is 17.6. The number of hydrogen-bond donors (Lipinski definition) is 2. The maximum absolute atomic E-state index is 12.3. The van der Waals surface area contributed by atoms with E-state index in [1.807, 2.05) is 29.4 Å². The lowest BCUT2D eigenvalue weighted by Crippen LogP contribution is -2.28. The number of amides is 1. The lowest BCUT2D eigenvalue weighted by molar-refractivity contribution is -0.130. The Hall–Kier alpha value is -2.30. The van der Waals surface area contributed by atoms with Crippen LogP contribution in [0.1, 0.15) is 30.4 Å². The largest absolute Gasteiger partial charge is 0.508 e. The quantitative estimate of drug-likeness (QED) is 0.861. The molecule has 122 valence electrons. The van der Waals surface area contributed by atoms with Gasteiger partial charge in [-0.25, -0.2) is 0 Å². The van der Waals surface area contributed by atoms with Crippen LogP contribution in [0.3, 0.4) is 0 Å². The second-order valence-electron chi connectivity index (χ2n) is 6.33. The molecule has 2 aromatic rings. The number of nitrogens with one attached hydrogen (secondary N) is 1. The molecule has 1 unspecified atom stereocenters. The van der Waals surface area contributed by atoms with Gasteiger partial charge in [0.25, 0.3) is 0 Å². The van der Waals surface area contributed by atoms with Crippen molar-refractivity contribution >= 4 is 5.91 Å². The number of phenolic OH excluding ortho intramolecular Hbond substituents is 1. The van der Waals surface area contributed by atoms with Gasteiger partial charge in [-0.3, -0.25) is 9.89 Å². The summed E-state index contributed by atoms with van der Waals surface area (Å²) >= 11 is 0. The molecule has 1 aromatic heterocycles. The number of benzene rings is 1. The molecular weight excluding hydrogens is 290 g/mol. The average Bonchev–Trinajstić information content (AvgIpc) is 3.21. The number of likely N-dealkylation sites (tertiary alicyclic amines) is 1. The number of phenols is 1. The summed E-state index contributed by atoms with van der Waals surface area (Å²) in [7, 11) is 0. The van der Waals surface area contributed by atoms with Crippen molar-refractivity contribution in [1.29, 1.82) is 0 Å². The van der Waals surface area contributed by atoms with Crippen molar-refractivity contribution in [3.05, 3.63) is 47.8 Å². The van der Waals surface area contributed by atoms with E-state index in [-0.39, 0.29) is 5.91 Å². The smallest absolute Gasteiger partial charge is 0.222 e. The van der Waals surface area contributed by atoms with Crippen LogP contribution in [0.4, 0.5) is 0 Å². The summed E-state index contributed by atoms with van der Waals surface area (Å²) in [6, 6.07) is 7.38. The highest BCUT2D eigenvalue weighted by Crippen LogP contribution is 2.22. The molecule has 0 bridgehead atoms. The van der Waals surface area contributed by atoms with Gasteiger partial charge >= 0.3 is 0 Å². The lowest BCUT2D eigenvalue weighted by atomic mass is 9.99. The first-order chi connectivity index (χ1) is 11.2. The second-order valence-corrected chi connectivity index (χ2v) is 6.33. The number of H-pyrrole nitrogens is 1. The van der Waals surface area contributed by atoms with E-state index >= 15 is 0 Å². The SMILES string of the molecule is O=C(CCCc1cn[nH]c1)N1CCC(Cc2ccc(O)cc2)C1. The highest BCUT2D eigenvalue weighted by Gasteiger charge is 2.25. The third-order valence-corrected chi connectivity index (χ3v) is 4.51. The Kier molecular flexibility index (Phi) is 4.95. The van der Waals surface area contributed by atoms with Gasteiger partial charge in [-0.2, -0.15) is 5.10 Å². The maximum Gasteiger partial charge on any atom is 0.222 e. The van der Waals surface area contributed by atoms with Gasteiger partial charge < -0.3 is 10.0 Å². The van der Waals surface area contributed by atoms with Crippen LogP contribution >= 0.6 is 0 Å². The summed E-state index contributed by atoms with van der Waals surface area (Å²) < 4.78 is 0. The number of aromatic nitrogens is 2. The van der Waals surface area contributed by atoms with E-state index < -0.39 is 0 Å². The third kappa shape index (κ3) is 4.34. The predicted octanol–water partition coefficient (Wildman–Crippen LogP) is 2.53. The zero-order valence-electron chi connectivity index (χ0n) is 13.2. The molecule has 5 heteroatoms.